The summed E-state index contributed by atoms with van der Waals surface area (Å²) in [5.41, 5.74) is -0.00662. The van der Waals surface area contributed by atoms with Crippen LogP contribution in [0.3, 0.4) is 0 Å². The topological polar surface area (TPSA) is 59.4 Å². The predicted octanol–water partition coefficient (Wildman–Crippen LogP) is 2.78. The first kappa shape index (κ1) is 10.7. The van der Waals surface area contributed by atoms with Crippen LogP contribution in [0.5, 0.6) is 0 Å². The van der Waals surface area contributed by atoms with E-state index in [1.807, 2.05) is 0 Å². The van der Waals surface area contributed by atoms with E-state index >= 15 is 0 Å². The second-order valence-electron chi connectivity index (χ2n) is 3.24. The summed E-state index contributed by atoms with van der Waals surface area (Å²) in [5.74, 6) is 0. The molecular weight excluding hydrogens is 189 g/mol. The lowest BCUT2D eigenvalue weighted by atomic mass is 10.0. The van der Waals surface area contributed by atoms with Crippen molar-refractivity contribution >= 4 is 14.0 Å². The molecule has 4 nitrogen and oxygen atoms in total. The molecular formula is C8H16NO3P. The van der Waals surface area contributed by atoms with Crippen LogP contribution in [0.15, 0.2) is 0 Å². The molecule has 0 spiro atoms. The molecule has 1 atom stereocenters. The van der Waals surface area contributed by atoms with Gasteiger partial charge in [-0.05, 0) is 12.8 Å². The molecule has 13 heavy (non-hydrogen) atoms. The molecule has 0 aromatic heterocycles. The number of rotatable bonds is 4. The third-order valence-electron chi connectivity index (χ3n) is 2.48. The van der Waals surface area contributed by atoms with Crippen molar-refractivity contribution in [1.29, 1.82) is 5.41 Å². The van der Waals surface area contributed by atoms with Gasteiger partial charge in [-0.2, -0.15) is 0 Å². The Morgan fingerprint density at radius 3 is 2.46 bits per heavy atom. The highest BCUT2D eigenvalue weighted by atomic mass is 31.2. The second-order valence-corrected chi connectivity index (χ2v) is 5.62. The first-order valence-electron chi connectivity index (χ1n) is 4.56. The minimum Gasteiger partial charge on any atom is -0.413 e. The van der Waals surface area contributed by atoms with Crippen molar-refractivity contribution in [2.45, 2.75) is 37.8 Å². The SMILES string of the molecule is COP(=O)(OC=N)C1CCCCC1. The standard InChI is InChI=1S/C8H16NO3P/c1-11-13(10,12-7-9)8-5-3-2-4-6-8/h7-9H,2-6H2,1H3. The average molecular weight is 205 g/mol. The van der Waals surface area contributed by atoms with Gasteiger partial charge >= 0.3 is 7.60 Å². The van der Waals surface area contributed by atoms with E-state index in [0.29, 0.717) is 0 Å². The Morgan fingerprint density at radius 2 is 2.00 bits per heavy atom. The Morgan fingerprint density at radius 1 is 1.38 bits per heavy atom. The van der Waals surface area contributed by atoms with Gasteiger partial charge in [0.25, 0.3) is 0 Å². The Balaban J connectivity index is 2.62. The van der Waals surface area contributed by atoms with E-state index < -0.39 is 7.60 Å². The van der Waals surface area contributed by atoms with Crippen LogP contribution in [0.4, 0.5) is 0 Å². The van der Waals surface area contributed by atoms with E-state index in [2.05, 4.69) is 0 Å². The summed E-state index contributed by atoms with van der Waals surface area (Å²) in [6, 6.07) is 0. The smallest absolute Gasteiger partial charge is 0.382 e. The van der Waals surface area contributed by atoms with E-state index in [4.69, 9.17) is 14.5 Å². The largest absolute Gasteiger partial charge is 0.413 e. The van der Waals surface area contributed by atoms with Crippen molar-refractivity contribution in [3.8, 4) is 0 Å². The third kappa shape index (κ3) is 2.55. The van der Waals surface area contributed by atoms with Gasteiger partial charge in [-0.1, -0.05) is 19.3 Å². The highest BCUT2D eigenvalue weighted by molar-refractivity contribution is 7.55. The molecule has 1 N–H and O–H groups in total. The van der Waals surface area contributed by atoms with Gasteiger partial charge < -0.3 is 9.05 Å². The second kappa shape index (κ2) is 4.77. The number of nitrogens with one attached hydrogen (secondary N) is 1. The van der Waals surface area contributed by atoms with Crippen LogP contribution in [0.1, 0.15) is 32.1 Å². The lowest BCUT2D eigenvalue weighted by molar-refractivity contribution is 0.296. The van der Waals surface area contributed by atoms with Crippen LogP contribution in [0, 0.1) is 5.41 Å². The first-order valence-corrected chi connectivity index (χ1v) is 6.17. The lowest BCUT2D eigenvalue weighted by Gasteiger charge is -2.26. The Hall–Kier alpha value is -0.340. The molecule has 1 saturated carbocycles. The van der Waals surface area contributed by atoms with Crippen molar-refractivity contribution in [3.05, 3.63) is 0 Å². The monoisotopic (exact) mass is 205 g/mol. The predicted molar refractivity (Wildman–Crippen MR) is 51.4 cm³/mol. The Labute approximate surface area is 78.7 Å². The van der Waals surface area contributed by atoms with Gasteiger partial charge in [0.15, 0.2) is 6.40 Å². The quantitative estimate of drug-likeness (QED) is 0.436. The molecule has 0 amide bonds. The van der Waals surface area contributed by atoms with Crippen LogP contribution >= 0.6 is 7.60 Å². The summed E-state index contributed by atoms with van der Waals surface area (Å²) >= 11 is 0. The van der Waals surface area contributed by atoms with Gasteiger partial charge in [-0.3, -0.25) is 5.41 Å². The zero-order valence-electron chi connectivity index (χ0n) is 7.86. The summed E-state index contributed by atoms with van der Waals surface area (Å²) in [6.45, 7) is 0. The molecule has 1 rings (SSSR count). The summed E-state index contributed by atoms with van der Waals surface area (Å²) in [5, 5.41) is 6.78. The van der Waals surface area contributed by atoms with Gasteiger partial charge in [0.05, 0.1) is 5.66 Å². The van der Waals surface area contributed by atoms with Crippen LogP contribution in [0.2, 0.25) is 0 Å². The van der Waals surface area contributed by atoms with Crippen molar-refractivity contribution < 1.29 is 13.6 Å². The number of hydrogen-bond donors (Lipinski definition) is 1. The van der Waals surface area contributed by atoms with E-state index in [1.165, 1.54) is 13.5 Å². The van der Waals surface area contributed by atoms with Crippen molar-refractivity contribution in [3.63, 3.8) is 0 Å². The fraction of sp³-hybridized carbons (Fsp3) is 0.875. The Bertz CT molecular complexity index is 213. The molecule has 0 saturated heterocycles. The molecule has 0 bridgehead atoms. The molecule has 1 aliphatic rings. The fourth-order valence-corrected chi connectivity index (χ4v) is 3.45. The minimum atomic E-state index is -3.02. The average Bonchev–Trinajstić information content (AvgIpc) is 2.19. The summed E-state index contributed by atoms with van der Waals surface area (Å²) in [6.07, 6.45) is 5.86. The van der Waals surface area contributed by atoms with Gasteiger partial charge in [0.2, 0.25) is 0 Å². The van der Waals surface area contributed by atoms with Crippen LogP contribution in [-0.2, 0) is 13.6 Å². The summed E-state index contributed by atoms with van der Waals surface area (Å²) in [7, 11) is -1.63. The van der Waals surface area contributed by atoms with Gasteiger partial charge in [-0.25, -0.2) is 4.57 Å². The Kier molecular flexibility index (Phi) is 3.94. The fourth-order valence-electron chi connectivity index (χ4n) is 1.75. The van der Waals surface area contributed by atoms with E-state index in [-0.39, 0.29) is 5.66 Å². The van der Waals surface area contributed by atoms with Crippen molar-refractivity contribution in [1.82, 2.24) is 0 Å². The lowest BCUT2D eigenvalue weighted by Crippen LogP contribution is -2.15. The molecule has 5 heteroatoms. The van der Waals surface area contributed by atoms with Crippen LogP contribution < -0.4 is 0 Å². The normalized spacial score (nSPS) is 23.5. The molecule has 0 heterocycles. The molecule has 0 aromatic carbocycles. The molecule has 1 fully saturated rings. The van der Waals surface area contributed by atoms with E-state index in [0.717, 1.165) is 32.1 Å². The molecule has 1 aliphatic carbocycles. The first-order chi connectivity index (χ1) is 6.23. The maximum Gasteiger partial charge on any atom is 0.382 e. The van der Waals surface area contributed by atoms with Crippen LogP contribution in [0.25, 0.3) is 0 Å². The molecule has 76 valence electrons. The number of hydrogen-bond acceptors (Lipinski definition) is 4. The molecule has 0 aromatic rings. The van der Waals surface area contributed by atoms with Crippen LogP contribution in [-0.4, -0.2) is 19.2 Å². The van der Waals surface area contributed by atoms with E-state index in [9.17, 15) is 4.57 Å². The van der Waals surface area contributed by atoms with Crippen molar-refractivity contribution in [2.75, 3.05) is 7.11 Å². The van der Waals surface area contributed by atoms with E-state index in [1.54, 1.807) is 0 Å². The highest BCUT2D eigenvalue weighted by Crippen LogP contribution is 2.56. The van der Waals surface area contributed by atoms with Gasteiger partial charge in [0, 0.05) is 7.11 Å². The summed E-state index contributed by atoms with van der Waals surface area (Å²) < 4.78 is 21.6. The van der Waals surface area contributed by atoms with Gasteiger partial charge in [0.1, 0.15) is 0 Å². The maximum atomic E-state index is 11.9. The molecule has 0 aliphatic heterocycles. The minimum absolute atomic E-state index is 0.00662. The zero-order valence-corrected chi connectivity index (χ0v) is 8.76. The molecule has 0 radical (unpaired) electrons. The highest BCUT2D eigenvalue weighted by Gasteiger charge is 2.36. The van der Waals surface area contributed by atoms with Gasteiger partial charge in [-0.15, -0.1) is 0 Å². The maximum absolute atomic E-state index is 11.9. The molecule has 1 unspecified atom stereocenters. The third-order valence-corrected chi connectivity index (χ3v) is 4.80. The zero-order chi connectivity index (χ0) is 9.73. The van der Waals surface area contributed by atoms with Crippen molar-refractivity contribution in [2.24, 2.45) is 0 Å². The summed E-state index contributed by atoms with van der Waals surface area (Å²) in [4.78, 5) is 0.